The zero-order chi connectivity index (χ0) is 12.3. The molecule has 1 saturated heterocycles. The lowest BCUT2D eigenvalue weighted by molar-refractivity contribution is 0.436. The van der Waals surface area contributed by atoms with E-state index in [1.54, 1.807) is 6.33 Å². The second-order valence-electron chi connectivity index (χ2n) is 4.56. The summed E-state index contributed by atoms with van der Waals surface area (Å²) in [4.78, 5) is 11.0. The van der Waals surface area contributed by atoms with E-state index in [2.05, 4.69) is 50.0 Å². The van der Waals surface area contributed by atoms with Gasteiger partial charge in [0.15, 0.2) is 0 Å². The molecular weight excluding hydrogens is 280 g/mol. The number of nitrogens with zero attached hydrogens (tertiary/aromatic N) is 3. The quantitative estimate of drug-likeness (QED) is 0.932. The minimum atomic E-state index is 0.833. The fourth-order valence-corrected chi connectivity index (χ4v) is 2.69. The maximum Gasteiger partial charge on any atom is 0.148 e. The molecule has 2 heterocycles. The van der Waals surface area contributed by atoms with Gasteiger partial charge >= 0.3 is 0 Å². The van der Waals surface area contributed by atoms with E-state index >= 15 is 0 Å². The number of aromatic nitrogens is 2. The van der Waals surface area contributed by atoms with Crippen LogP contribution < -0.4 is 10.2 Å². The molecule has 0 bridgehead atoms. The summed E-state index contributed by atoms with van der Waals surface area (Å²) >= 11 is 3.60. The molecule has 1 aliphatic rings. The fourth-order valence-electron chi connectivity index (χ4n) is 2.09. The van der Waals surface area contributed by atoms with E-state index in [1.165, 1.54) is 12.8 Å². The van der Waals surface area contributed by atoms with Crippen molar-refractivity contribution in [1.82, 2.24) is 9.97 Å². The maximum atomic E-state index is 4.40. The van der Waals surface area contributed by atoms with Crippen LogP contribution in [0.1, 0.15) is 26.7 Å². The standard InChI is InChI=1S/C12H19BrN4/c1-3-14-11-10(13)12(16-8-15-11)17-6-4-9(2)5-7-17/h8-9H,3-7H2,1-2H3,(H,14,15,16). The third kappa shape index (κ3) is 2.89. The summed E-state index contributed by atoms with van der Waals surface area (Å²) in [5.41, 5.74) is 0. The van der Waals surface area contributed by atoms with Gasteiger partial charge in [-0.25, -0.2) is 9.97 Å². The number of hydrogen-bond donors (Lipinski definition) is 1. The molecular formula is C12H19BrN4. The molecule has 1 fully saturated rings. The molecule has 5 heteroatoms. The lowest BCUT2D eigenvalue weighted by Gasteiger charge is -2.31. The molecule has 1 aromatic heterocycles. The van der Waals surface area contributed by atoms with Crippen LogP contribution in [0.15, 0.2) is 10.8 Å². The van der Waals surface area contributed by atoms with Gasteiger partial charge in [0.2, 0.25) is 0 Å². The van der Waals surface area contributed by atoms with Crippen molar-refractivity contribution in [3.8, 4) is 0 Å². The predicted octanol–water partition coefficient (Wildman–Crippen LogP) is 2.91. The van der Waals surface area contributed by atoms with E-state index in [-0.39, 0.29) is 0 Å². The summed E-state index contributed by atoms with van der Waals surface area (Å²) in [6.07, 6.45) is 4.12. The zero-order valence-corrected chi connectivity index (χ0v) is 12.0. The monoisotopic (exact) mass is 298 g/mol. The van der Waals surface area contributed by atoms with Crippen molar-refractivity contribution in [2.45, 2.75) is 26.7 Å². The highest BCUT2D eigenvalue weighted by atomic mass is 79.9. The molecule has 94 valence electrons. The Balaban J connectivity index is 2.17. The molecule has 2 rings (SSSR count). The zero-order valence-electron chi connectivity index (χ0n) is 10.4. The number of hydrogen-bond acceptors (Lipinski definition) is 4. The predicted molar refractivity (Wildman–Crippen MR) is 74.5 cm³/mol. The summed E-state index contributed by atoms with van der Waals surface area (Å²) in [6, 6.07) is 0. The van der Waals surface area contributed by atoms with Gasteiger partial charge in [-0.1, -0.05) is 6.92 Å². The first-order valence-electron chi connectivity index (χ1n) is 6.21. The molecule has 0 spiro atoms. The van der Waals surface area contributed by atoms with Crippen LogP contribution in [0.25, 0.3) is 0 Å². The Morgan fingerprint density at radius 3 is 2.76 bits per heavy atom. The first-order chi connectivity index (χ1) is 8.22. The first-order valence-corrected chi connectivity index (χ1v) is 7.01. The Hall–Kier alpha value is -0.840. The van der Waals surface area contributed by atoms with Gasteiger partial charge in [0.05, 0.1) is 0 Å². The molecule has 4 nitrogen and oxygen atoms in total. The highest BCUT2D eigenvalue weighted by Crippen LogP contribution is 2.31. The second-order valence-corrected chi connectivity index (χ2v) is 5.35. The summed E-state index contributed by atoms with van der Waals surface area (Å²) in [6.45, 7) is 7.42. The number of piperidine rings is 1. The minimum absolute atomic E-state index is 0.833. The van der Waals surface area contributed by atoms with Crippen molar-refractivity contribution in [1.29, 1.82) is 0 Å². The van der Waals surface area contributed by atoms with E-state index in [1.807, 2.05) is 0 Å². The lowest BCUT2D eigenvalue weighted by atomic mass is 9.99. The average Bonchev–Trinajstić information content (AvgIpc) is 2.34. The lowest BCUT2D eigenvalue weighted by Crippen LogP contribution is -2.33. The van der Waals surface area contributed by atoms with Crippen molar-refractivity contribution in [3.05, 3.63) is 10.8 Å². The second kappa shape index (κ2) is 5.67. The fraction of sp³-hybridized carbons (Fsp3) is 0.667. The van der Waals surface area contributed by atoms with E-state index < -0.39 is 0 Å². The van der Waals surface area contributed by atoms with E-state index in [0.29, 0.717) is 0 Å². The van der Waals surface area contributed by atoms with Crippen LogP contribution in [-0.4, -0.2) is 29.6 Å². The summed E-state index contributed by atoms with van der Waals surface area (Å²) < 4.78 is 0.983. The largest absolute Gasteiger partial charge is 0.369 e. The molecule has 1 N–H and O–H groups in total. The van der Waals surface area contributed by atoms with Gasteiger partial charge in [0, 0.05) is 19.6 Å². The van der Waals surface area contributed by atoms with Crippen LogP contribution in [0.4, 0.5) is 11.6 Å². The normalized spacial score (nSPS) is 17.2. The van der Waals surface area contributed by atoms with Gasteiger partial charge < -0.3 is 10.2 Å². The molecule has 0 atom stereocenters. The summed E-state index contributed by atoms with van der Waals surface area (Å²) in [7, 11) is 0. The van der Waals surface area contributed by atoms with Gasteiger partial charge in [0.25, 0.3) is 0 Å². The molecule has 0 saturated carbocycles. The van der Waals surface area contributed by atoms with Crippen LogP contribution in [0, 0.1) is 5.92 Å². The molecule has 17 heavy (non-hydrogen) atoms. The Bertz CT molecular complexity index is 375. The molecule has 1 aromatic rings. The molecule has 0 radical (unpaired) electrons. The Labute approximate surface area is 111 Å². The Kier molecular flexibility index (Phi) is 4.20. The van der Waals surface area contributed by atoms with E-state index in [9.17, 15) is 0 Å². The van der Waals surface area contributed by atoms with Crippen LogP contribution in [0.2, 0.25) is 0 Å². The van der Waals surface area contributed by atoms with Crippen LogP contribution >= 0.6 is 15.9 Å². The molecule has 0 aromatic carbocycles. The number of rotatable bonds is 3. The number of anilines is 2. The summed E-state index contributed by atoms with van der Waals surface area (Å²) in [5.74, 6) is 2.74. The molecule has 0 aliphatic carbocycles. The number of nitrogens with one attached hydrogen (secondary N) is 1. The first kappa shape index (κ1) is 12.6. The van der Waals surface area contributed by atoms with Crippen molar-refractivity contribution >= 4 is 27.6 Å². The SMILES string of the molecule is CCNc1ncnc(N2CCC(C)CC2)c1Br. The Morgan fingerprint density at radius 2 is 2.12 bits per heavy atom. The van der Waals surface area contributed by atoms with E-state index in [4.69, 9.17) is 0 Å². The molecule has 0 unspecified atom stereocenters. The smallest absolute Gasteiger partial charge is 0.148 e. The van der Waals surface area contributed by atoms with Crippen LogP contribution in [0.3, 0.4) is 0 Å². The highest BCUT2D eigenvalue weighted by Gasteiger charge is 2.20. The number of halogens is 1. The minimum Gasteiger partial charge on any atom is -0.369 e. The van der Waals surface area contributed by atoms with Crippen molar-refractivity contribution < 1.29 is 0 Å². The topological polar surface area (TPSA) is 41.1 Å². The molecule has 0 amide bonds. The maximum absolute atomic E-state index is 4.40. The van der Waals surface area contributed by atoms with Gasteiger partial charge in [-0.05, 0) is 41.6 Å². The highest BCUT2D eigenvalue weighted by molar-refractivity contribution is 9.10. The van der Waals surface area contributed by atoms with Gasteiger partial charge in [0.1, 0.15) is 22.4 Å². The third-order valence-corrected chi connectivity index (χ3v) is 3.93. The van der Waals surface area contributed by atoms with Gasteiger partial charge in [-0.15, -0.1) is 0 Å². The third-order valence-electron chi connectivity index (χ3n) is 3.20. The van der Waals surface area contributed by atoms with Gasteiger partial charge in [-0.3, -0.25) is 0 Å². The van der Waals surface area contributed by atoms with Crippen molar-refractivity contribution in [2.75, 3.05) is 29.9 Å². The van der Waals surface area contributed by atoms with E-state index in [0.717, 1.165) is 41.7 Å². The van der Waals surface area contributed by atoms with Crippen LogP contribution in [-0.2, 0) is 0 Å². The van der Waals surface area contributed by atoms with Crippen LogP contribution in [0.5, 0.6) is 0 Å². The molecule has 1 aliphatic heterocycles. The van der Waals surface area contributed by atoms with Crippen molar-refractivity contribution in [2.24, 2.45) is 5.92 Å². The average molecular weight is 299 g/mol. The summed E-state index contributed by atoms with van der Waals surface area (Å²) in [5, 5.41) is 3.24. The van der Waals surface area contributed by atoms with Gasteiger partial charge in [-0.2, -0.15) is 0 Å². The van der Waals surface area contributed by atoms with Crippen molar-refractivity contribution in [3.63, 3.8) is 0 Å². The Morgan fingerprint density at radius 1 is 1.41 bits per heavy atom.